The molecule has 114 valence electrons. The van der Waals surface area contributed by atoms with E-state index in [4.69, 9.17) is 10.5 Å². The second-order valence-electron chi connectivity index (χ2n) is 4.76. The van der Waals surface area contributed by atoms with Gasteiger partial charge in [-0.3, -0.25) is 9.78 Å². The number of aromatic nitrogens is 1. The molecule has 5 nitrogen and oxygen atoms in total. The normalized spacial score (nSPS) is 10.0. The molecule has 0 unspecified atom stereocenters. The fraction of sp³-hybridized carbons (Fsp3) is 0.176. The number of anilines is 1. The predicted octanol–water partition coefficient (Wildman–Crippen LogP) is 2.50. The number of nitrogens with zero attached hydrogens (tertiary/aromatic N) is 2. The first-order valence-corrected chi connectivity index (χ1v) is 6.89. The standard InChI is InChI=1S/C17H19N3O2/c1-3-10-20(12-13-6-4-5-7-16(13)22-2)17(21)15-11-14(18)8-9-19-15/h3-9,11H,1,10,12H2,2H3,(H2,18,19). The first-order valence-electron chi connectivity index (χ1n) is 6.89. The van der Waals surface area contributed by atoms with Crippen molar-refractivity contribution in [3.8, 4) is 5.75 Å². The summed E-state index contributed by atoms with van der Waals surface area (Å²) >= 11 is 0. The van der Waals surface area contributed by atoms with Crippen molar-refractivity contribution in [1.82, 2.24) is 9.88 Å². The molecule has 0 bridgehead atoms. The van der Waals surface area contributed by atoms with Crippen LogP contribution in [0.1, 0.15) is 16.1 Å². The molecule has 0 fully saturated rings. The molecule has 0 atom stereocenters. The van der Waals surface area contributed by atoms with E-state index in [0.717, 1.165) is 11.3 Å². The second-order valence-corrected chi connectivity index (χ2v) is 4.76. The maximum atomic E-state index is 12.6. The lowest BCUT2D eigenvalue weighted by Crippen LogP contribution is -2.31. The van der Waals surface area contributed by atoms with Crippen LogP contribution < -0.4 is 10.5 Å². The molecular weight excluding hydrogens is 278 g/mol. The summed E-state index contributed by atoms with van der Waals surface area (Å²) in [5.41, 5.74) is 7.46. The zero-order valence-electron chi connectivity index (χ0n) is 12.5. The van der Waals surface area contributed by atoms with Crippen molar-refractivity contribution in [2.45, 2.75) is 6.54 Å². The summed E-state index contributed by atoms with van der Waals surface area (Å²) in [4.78, 5) is 18.3. The molecule has 1 heterocycles. The van der Waals surface area contributed by atoms with Gasteiger partial charge in [0.2, 0.25) is 0 Å². The van der Waals surface area contributed by atoms with E-state index in [1.165, 1.54) is 6.20 Å². The first-order chi connectivity index (χ1) is 10.7. The Morgan fingerprint density at radius 3 is 2.86 bits per heavy atom. The molecule has 0 saturated heterocycles. The molecular formula is C17H19N3O2. The number of benzene rings is 1. The van der Waals surface area contributed by atoms with Crippen LogP contribution in [0.3, 0.4) is 0 Å². The van der Waals surface area contributed by atoms with Gasteiger partial charge in [0.25, 0.3) is 5.91 Å². The summed E-state index contributed by atoms with van der Waals surface area (Å²) in [6.07, 6.45) is 3.21. The topological polar surface area (TPSA) is 68.5 Å². The number of para-hydroxylation sites is 1. The number of ether oxygens (including phenoxy) is 1. The zero-order valence-corrected chi connectivity index (χ0v) is 12.5. The molecule has 0 aliphatic heterocycles. The number of hydrogen-bond acceptors (Lipinski definition) is 4. The van der Waals surface area contributed by atoms with Crippen LogP contribution in [-0.4, -0.2) is 29.4 Å². The second kappa shape index (κ2) is 7.26. The van der Waals surface area contributed by atoms with Crippen molar-refractivity contribution in [1.29, 1.82) is 0 Å². The van der Waals surface area contributed by atoms with Gasteiger partial charge < -0.3 is 15.4 Å². The number of hydrogen-bond donors (Lipinski definition) is 1. The Morgan fingerprint density at radius 1 is 1.41 bits per heavy atom. The third kappa shape index (κ3) is 3.63. The highest BCUT2D eigenvalue weighted by Crippen LogP contribution is 2.20. The van der Waals surface area contributed by atoms with E-state index in [9.17, 15) is 4.79 Å². The Morgan fingerprint density at radius 2 is 2.18 bits per heavy atom. The molecule has 0 aliphatic rings. The lowest BCUT2D eigenvalue weighted by Gasteiger charge is -2.22. The number of nitrogen functional groups attached to an aromatic ring is 1. The van der Waals surface area contributed by atoms with Crippen LogP contribution >= 0.6 is 0 Å². The summed E-state index contributed by atoms with van der Waals surface area (Å²) in [5.74, 6) is 0.544. The number of rotatable bonds is 6. The molecule has 2 rings (SSSR count). The minimum Gasteiger partial charge on any atom is -0.496 e. The Hall–Kier alpha value is -2.82. The lowest BCUT2D eigenvalue weighted by atomic mass is 10.1. The van der Waals surface area contributed by atoms with E-state index in [1.54, 1.807) is 30.2 Å². The Bertz CT molecular complexity index is 670. The number of methoxy groups -OCH3 is 1. The molecule has 5 heteroatoms. The molecule has 22 heavy (non-hydrogen) atoms. The van der Waals surface area contributed by atoms with Crippen LogP contribution in [0, 0.1) is 0 Å². The summed E-state index contributed by atoms with van der Waals surface area (Å²) in [6, 6.07) is 10.8. The zero-order chi connectivity index (χ0) is 15.9. The number of pyridine rings is 1. The fourth-order valence-corrected chi connectivity index (χ4v) is 2.14. The highest BCUT2D eigenvalue weighted by molar-refractivity contribution is 5.93. The van der Waals surface area contributed by atoms with Crippen LogP contribution in [0.15, 0.2) is 55.3 Å². The highest BCUT2D eigenvalue weighted by Gasteiger charge is 2.18. The molecule has 2 N–H and O–H groups in total. The van der Waals surface area contributed by atoms with Gasteiger partial charge in [0.1, 0.15) is 11.4 Å². The Balaban J connectivity index is 2.26. The quantitative estimate of drug-likeness (QED) is 0.832. The average molecular weight is 297 g/mol. The van der Waals surface area contributed by atoms with Gasteiger partial charge in [-0.1, -0.05) is 24.3 Å². The average Bonchev–Trinajstić information content (AvgIpc) is 2.54. The van der Waals surface area contributed by atoms with Gasteiger partial charge in [0, 0.05) is 24.0 Å². The van der Waals surface area contributed by atoms with Gasteiger partial charge in [0.15, 0.2) is 0 Å². The van der Waals surface area contributed by atoms with E-state index < -0.39 is 0 Å². The van der Waals surface area contributed by atoms with Crippen LogP contribution in [-0.2, 0) is 6.54 Å². The number of carbonyl (C=O) groups excluding carboxylic acids is 1. The summed E-state index contributed by atoms with van der Waals surface area (Å²) in [6.45, 7) is 4.53. The smallest absolute Gasteiger partial charge is 0.273 e. The van der Waals surface area contributed by atoms with Crippen molar-refractivity contribution >= 4 is 11.6 Å². The fourth-order valence-electron chi connectivity index (χ4n) is 2.14. The maximum Gasteiger partial charge on any atom is 0.273 e. The van der Waals surface area contributed by atoms with E-state index in [2.05, 4.69) is 11.6 Å². The molecule has 0 aliphatic carbocycles. The molecule has 0 saturated carbocycles. The van der Waals surface area contributed by atoms with Crippen LogP contribution in [0.5, 0.6) is 5.75 Å². The van der Waals surface area contributed by atoms with Crippen LogP contribution in [0.4, 0.5) is 5.69 Å². The van der Waals surface area contributed by atoms with Crippen LogP contribution in [0.2, 0.25) is 0 Å². The SMILES string of the molecule is C=CCN(Cc1ccccc1OC)C(=O)c1cc(N)ccn1. The van der Waals surface area contributed by atoms with Crippen molar-refractivity contribution < 1.29 is 9.53 Å². The summed E-state index contributed by atoms with van der Waals surface area (Å²) < 4.78 is 5.33. The Labute approximate surface area is 130 Å². The minimum absolute atomic E-state index is 0.196. The van der Waals surface area contributed by atoms with E-state index >= 15 is 0 Å². The van der Waals surface area contributed by atoms with Gasteiger partial charge in [-0.15, -0.1) is 6.58 Å². The molecule has 1 aromatic heterocycles. The minimum atomic E-state index is -0.196. The molecule has 0 spiro atoms. The largest absolute Gasteiger partial charge is 0.496 e. The molecule has 1 amide bonds. The van der Waals surface area contributed by atoms with Crippen molar-refractivity contribution in [3.05, 3.63) is 66.5 Å². The van der Waals surface area contributed by atoms with E-state index in [1.807, 2.05) is 24.3 Å². The van der Waals surface area contributed by atoms with E-state index in [-0.39, 0.29) is 5.91 Å². The van der Waals surface area contributed by atoms with Gasteiger partial charge in [-0.2, -0.15) is 0 Å². The van der Waals surface area contributed by atoms with Crippen molar-refractivity contribution in [2.75, 3.05) is 19.4 Å². The molecule has 0 radical (unpaired) electrons. The Kier molecular flexibility index (Phi) is 5.14. The van der Waals surface area contributed by atoms with Crippen molar-refractivity contribution in [3.63, 3.8) is 0 Å². The first kappa shape index (κ1) is 15.6. The highest BCUT2D eigenvalue weighted by atomic mass is 16.5. The third-order valence-corrected chi connectivity index (χ3v) is 3.19. The molecule has 2 aromatic rings. The van der Waals surface area contributed by atoms with Gasteiger partial charge in [-0.05, 0) is 18.2 Å². The number of nitrogens with two attached hydrogens (primary N) is 1. The lowest BCUT2D eigenvalue weighted by molar-refractivity contribution is 0.0756. The van der Waals surface area contributed by atoms with Crippen LogP contribution in [0.25, 0.3) is 0 Å². The van der Waals surface area contributed by atoms with Gasteiger partial charge >= 0.3 is 0 Å². The molecule has 1 aromatic carbocycles. The van der Waals surface area contributed by atoms with Gasteiger partial charge in [0.05, 0.1) is 13.7 Å². The number of amides is 1. The number of carbonyl (C=O) groups is 1. The van der Waals surface area contributed by atoms with Crippen molar-refractivity contribution in [2.24, 2.45) is 0 Å². The summed E-state index contributed by atoms with van der Waals surface area (Å²) in [5, 5.41) is 0. The van der Waals surface area contributed by atoms with Gasteiger partial charge in [-0.25, -0.2) is 0 Å². The predicted molar refractivity (Wildman–Crippen MR) is 86.6 cm³/mol. The maximum absolute atomic E-state index is 12.6. The summed E-state index contributed by atoms with van der Waals surface area (Å²) in [7, 11) is 1.61. The third-order valence-electron chi connectivity index (χ3n) is 3.19. The van der Waals surface area contributed by atoms with E-state index in [0.29, 0.717) is 24.5 Å². The monoisotopic (exact) mass is 297 g/mol.